The number of rotatable bonds is 8. The van der Waals surface area contributed by atoms with Gasteiger partial charge in [0.25, 0.3) is 0 Å². The number of aryl methyl sites for hydroxylation is 3. The molecular formula is C28H33N5O. The zero-order valence-corrected chi connectivity index (χ0v) is 20.3. The molecule has 0 bridgehead atoms. The minimum atomic E-state index is 0.594. The molecule has 1 saturated heterocycles. The normalized spacial score (nSPS) is 14.1. The molecular weight excluding hydrogens is 422 g/mol. The average Bonchev–Trinajstić information content (AvgIpc) is 3.49. The van der Waals surface area contributed by atoms with E-state index in [1.807, 2.05) is 16.6 Å². The van der Waals surface area contributed by atoms with Crippen LogP contribution in [0.5, 0.6) is 5.75 Å². The summed E-state index contributed by atoms with van der Waals surface area (Å²) < 4.78 is 7.43. The summed E-state index contributed by atoms with van der Waals surface area (Å²) in [4.78, 5) is 7.28. The highest BCUT2D eigenvalue weighted by Gasteiger charge is 2.13. The van der Waals surface area contributed by atoms with E-state index in [-0.39, 0.29) is 0 Å². The van der Waals surface area contributed by atoms with Crippen molar-refractivity contribution < 1.29 is 4.74 Å². The summed E-state index contributed by atoms with van der Waals surface area (Å²) >= 11 is 0. The molecule has 6 nitrogen and oxygen atoms in total. The van der Waals surface area contributed by atoms with E-state index in [1.54, 1.807) is 7.11 Å². The highest BCUT2D eigenvalue weighted by molar-refractivity contribution is 5.68. The molecule has 0 spiro atoms. The Balaban J connectivity index is 1.30. The third kappa shape index (κ3) is 4.77. The SMILES string of the molecule is COc1c(C)cc(-c2cccc3nc(Nc4ccc(CCCN5CCCC5)cc4)nn23)cc1C. The van der Waals surface area contributed by atoms with E-state index >= 15 is 0 Å². The lowest BCUT2D eigenvalue weighted by atomic mass is 10.0. The molecule has 0 saturated carbocycles. The van der Waals surface area contributed by atoms with Gasteiger partial charge in [0.1, 0.15) is 5.75 Å². The van der Waals surface area contributed by atoms with E-state index in [2.05, 4.69) is 66.5 Å². The van der Waals surface area contributed by atoms with Crippen LogP contribution in [0.2, 0.25) is 0 Å². The molecule has 1 aliphatic heterocycles. The molecule has 3 heterocycles. The van der Waals surface area contributed by atoms with E-state index in [9.17, 15) is 0 Å². The van der Waals surface area contributed by atoms with Crippen molar-refractivity contribution in [2.45, 2.75) is 39.5 Å². The number of ether oxygens (including phenoxy) is 1. The maximum atomic E-state index is 5.53. The first kappa shape index (κ1) is 22.4. The van der Waals surface area contributed by atoms with Crippen LogP contribution in [-0.4, -0.2) is 46.2 Å². The lowest BCUT2D eigenvalue weighted by Crippen LogP contribution is -2.20. The minimum absolute atomic E-state index is 0.594. The number of hydrogen-bond acceptors (Lipinski definition) is 5. The second-order valence-corrected chi connectivity index (χ2v) is 9.23. The lowest BCUT2D eigenvalue weighted by Gasteiger charge is -2.14. The molecule has 4 aromatic rings. The number of methoxy groups -OCH3 is 1. The van der Waals surface area contributed by atoms with Crippen LogP contribution in [0.25, 0.3) is 16.9 Å². The van der Waals surface area contributed by atoms with Crippen LogP contribution in [0.4, 0.5) is 11.6 Å². The summed E-state index contributed by atoms with van der Waals surface area (Å²) in [5.41, 5.74) is 7.49. The van der Waals surface area contributed by atoms with Crippen LogP contribution < -0.4 is 10.1 Å². The zero-order chi connectivity index (χ0) is 23.5. The van der Waals surface area contributed by atoms with Crippen LogP contribution >= 0.6 is 0 Å². The average molecular weight is 456 g/mol. The highest BCUT2D eigenvalue weighted by Crippen LogP contribution is 2.30. The Hall–Kier alpha value is -3.38. The summed E-state index contributed by atoms with van der Waals surface area (Å²) in [6, 6.07) is 19.0. The largest absolute Gasteiger partial charge is 0.496 e. The third-order valence-electron chi connectivity index (χ3n) is 6.67. The molecule has 0 amide bonds. The summed E-state index contributed by atoms with van der Waals surface area (Å²) in [7, 11) is 1.71. The molecule has 1 N–H and O–H groups in total. The van der Waals surface area contributed by atoms with Gasteiger partial charge in [0.05, 0.1) is 12.8 Å². The first-order valence-corrected chi connectivity index (χ1v) is 12.2. The predicted octanol–water partition coefficient (Wildman–Crippen LogP) is 5.79. The van der Waals surface area contributed by atoms with Crippen molar-refractivity contribution in [2.75, 3.05) is 32.1 Å². The Kier molecular flexibility index (Phi) is 6.50. The molecule has 6 heteroatoms. The van der Waals surface area contributed by atoms with Crippen LogP contribution in [0.15, 0.2) is 54.6 Å². The van der Waals surface area contributed by atoms with E-state index in [1.165, 1.54) is 44.5 Å². The van der Waals surface area contributed by atoms with Gasteiger partial charge >= 0.3 is 0 Å². The topological polar surface area (TPSA) is 54.7 Å². The number of nitrogens with one attached hydrogen (secondary N) is 1. The molecule has 1 fully saturated rings. The van der Waals surface area contributed by atoms with E-state index in [4.69, 9.17) is 14.8 Å². The van der Waals surface area contributed by atoms with Crippen LogP contribution in [-0.2, 0) is 6.42 Å². The molecule has 34 heavy (non-hydrogen) atoms. The number of pyridine rings is 1. The molecule has 2 aromatic heterocycles. The molecule has 176 valence electrons. The van der Waals surface area contributed by atoms with Gasteiger partial charge in [0.15, 0.2) is 5.65 Å². The Morgan fingerprint density at radius 3 is 2.41 bits per heavy atom. The number of fused-ring (bicyclic) bond motifs is 1. The van der Waals surface area contributed by atoms with Crippen LogP contribution in [0.3, 0.4) is 0 Å². The Labute approximate surface area is 201 Å². The van der Waals surface area contributed by atoms with Crippen molar-refractivity contribution in [3.05, 3.63) is 71.3 Å². The smallest absolute Gasteiger partial charge is 0.247 e. The van der Waals surface area contributed by atoms with Gasteiger partial charge in [0.2, 0.25) is 5.95 Å². The van der Waals surface area contributed by atoms with Crippen LogP contribution in [0.1, 0.15) is 36.0 Å². The van der Waals surface area contributed by atoms with Crippen molar-refractivity contribution in [3.8, 4) is 17.0 Å². The van der Waals surface area contributed by atoms with E-state index < -0.39 is 0 Å². The summed E-state index contributed by atoms with van der Waals surface area (Å²) in [5, 5.41) is 8.13. The number of anilines is 2. The van der Waals surface area contributed by atoms with Crippen LogP contribution in [0, 0.1) is 13.8 Å². The first-order valence-electron chi connectivity index (χ1n) is 12.2. The van der Waals surface area contributed by atoms with Gasteiger partial charge in [-0.15, -0.1) is 5.10 Å². The Bertz CT molecular complexity index is 1250. The fraction of sp³-hybridized carbons (Fsp3) is 0.357. The monoisotopic (exact) mass is 455 g/mol. The molecule has 0 aliphatic carbocycles. The number of aromatic nitrogens is 3. The second-order valence-electron chi connectivity index (χ2n) is 9.23. The van der Waals surface area contributed by atoms with Gasteiger partial charge in [0, 0.05) is 11.3 Å². The number of likely N-dealkylation sites (tertiary alicyclic amines) is 1. The number of nitrogens with zero attached hydrogens (tertiary/aromatic N) is 4. The van der Waals surface area contributed by atoms with Gasteiger partial charge in [-0.05, 0) is 112 Å². The molecule has 0 atom stereocenters. The summed E-state index contributed by atoms with van der Waals surface area (Å²) in [6.07, 6.45) is 5.05. The second kappa shape index (κ2) is 9.85. The van der Waals surface area contributed by atoms with Crippen molar-refractivity contribution in [3.63, 3.8) is 0 Å². The van der Waals surface area contributed by atoms with Gasteiger partial charge in [-0.3, -0.25) is 0 Å². The highest BCUT2D eigenvalue weighted by atomic mass is 16.5. The standard InChI is InChI=1S/C28H33N5O/c1-20-18-23(19-21(2)27(20)34-3)25-9-6-10-26-30-28(31-33(25)26)29-24-13-11-22(12-14-24)8-7-17-32-15-4-5-16-32/h6,9-14,18-19H,4-5,7-8,15-17H2,1-3H3,(H,29,31). The quantitative estimate of drug-likeness (QED) is 0.364. The van der Waals surface area contributed by atoms with Crippen molar-refractivity contribution in [1.29, 1.82) is 0 Å². The van der Waals surface area contributed by atoms with Gasteiger partial charge in [-0.1, -0.05) is 18.2 Å². The summed E-state index contributed by atoms with van der Waals surface area (Å²) in [5.74, 6) is 1.52. The van der Waals surface area contributed by atoms with Gasteiger partial charge < -0.3 is 15.0 Å². The minimum Gasteiger partial charge on any atom is -0.496 e. The molecule has 0 radical (unpaired) electrons. The molecule has 5 rings (SSSR count). The maximum absolute atomic E-state index is 5.53. The summed E-state index contributed by atoms with van der Waals surface area (Å²) in [6.45, 7) is 7.89. The van der Waals surface area contributed by atoms with E-state index in [0.29, 0.717) is 5.95 Å². The van der Waals surface area contributed by atoms with Crippen molar-refractivity contribution in [2.24, 2.45) is 0 Å². The Morgan fingerprint density at radius 2 is 1.71 bits per heavy atom. The Morgan fingerprint density at radius 1 is 0.971 bits per heavy atom. The fourth-order valence-electron chi connectivity index (χ4n) is 4.99. The number of hydrogen-bond donors (Lipinski definition) is 1. The first-order chi connectivity index (χ1) is 16.6. The van der Waals surface area contributed by atoms with E-state index in [0.717, 1.165) is 45.9 Å². The van der Waals surface area contributed by atoms with Gasteiger partial charge in [-0.25, -0.2) is 4.52 Å². The lowest BCUT2D eigenvalue weighted by molar-refractivity contribution is 0.334. The number of benzene rings is 2. The molecule has 1 aliphatic rings. The predicted molar refractivity (Wildman–Crippen MR) is 138 cm³/mol. The molecule has 0 unspecified atom stereocenters. The van der Waals surface area contributed by atoms with Gasteiger partial charge in [-0.2, -0.15) is 4.98 Å². The fourth-order valence-corrected chi connectivity index (χ4v) is 4.99. The van der Waals surface area contributed by atoms with Crippen molar-refractivity contribution >= 4 is 17.3 Å². The third-order valence-corrected chi connectivity index (χ3v) is 6.67. The zero-order valence-electron chi connectivity index (χ0n) is 20.3. The maximum Gasteiger partial charge on any atom is 0.247 e. The molecule has 2 aromatic carbocycles. The van der Waals surface area contributed by atoms with Crippen molar-refractivity contribution in [1.82, 2.24) is 19.5 Å².